The van der Waals surface area contributed by atoms with E-state index in [-0.39, 0.29) is 0 Å². The first-order valence-corrected chi connectivity index (χ1v) is 9.89. The van der Waals surface area contributed by atoms with Crippen molar-refractivity contribution in [3.8, 4) is 17.2 Å². The van der Waals surface area contributed by atoms with Gasteiger partial charge in [-0.3, -0.25) is 4.72 Å². The third-order valence-corrected chi connectivity index (χ3v) is 6.67. The molecule has 0 aliphatic rings. The molecule has 0 spiro atoms. The van der Waals surface area contributed by atoms with Crippen LogP contribution >= 0.6 is 11.3 Å². The van der Waals surface area contributed by atoms with Crippen molar-refractivity contribution < 1.29 is 8.42 Å². The molecule has 0 bridgehead atoms. The summed E-state index contributed by atoms with van der Waals surface area (Å²) in [6.07, 6.45) is 0. The molecule has 126 valence electrons. The van der Waals surface area contributed by atoms with E-state index in [9.17, 15) is 8.42 Å². The van der Waals surface area contributed by atoms with Gasteiger partial charge < -0.3 is 0 Å². The lowest BCUT2D eigenvalue weighted by atomic mass is 10.0. The Labute approximate surface area is 151 Å². The van der Waals surface area contributed by atoms with Crippen molar-refractivity contribution in [3.63, 3.8) is 0 Å². The number of hydrogen-bond donors (Lipinski definition) is 1. The molecule has 2 aromatic carbocycles. The number of benzene rings is 2. The normalized spacial score (nSPS) is 11.1. The molecule has 0 aliphatic carbocycles. The van der Waals surface area contributed by atoms with Gasteiger partial charge in [0.1, 0.15) is 4.21 Å². The standard InChI is InChI=1S/C19H16N2O2S2/c1-13-3-7-17(16-8-5-15(12-20)6-9-16)11-18(13)21-25(22,23)19-10-4-14(2)24-19/h3-11,21H,1-2H3. The monoisotopic (exact) mass is 368 g/mol. The number of nitriles is 1. The van der Waals surface area contributed by atoms with Gasteiger partial charge in [-0.05, 0) is 60.9 Å². The molecular weight excluding hydrogens is 352 g/mol. The fourth-order valence-corrected chi connectivity index (χ4v) is 4.81. The number of thiophene rings is 1. The van der Waals surface area contributed by atoms with Crippen LogP contribution in [0.2, 0.25) is 0 Å². The molecule has 4 nitrogen and oxygen atoms in total. The Bertz CT molecular complexity index is 1060. The van der Waals surface area contributed by atoms with Crippen molar-refractivity contribution in [1.29, 1.82) is 5.26 Å². The Kier molecular flexibility index (Phi) is 4.62. The van der Waals surface area contributed by atoms with Crippen LogP contribution in [0.5, 0.6) is 0 Å². The van der Waals surface area contributed by atoms with Crippen LogP contribution in [0, 0.1) is 25.2 Å². The Balaban J connectivity index is 1.95. The lowest BCUT2D eigenvalue weighted by molar-refractivity contribution is 0.603. The fourth-order valence-electron chi connectivity index (χ4n) is 2.40. The molecule has 0 amide bonds. The summed E-state index contributed by atoms with van der Waals surface area (Å²) in [6, 6.07) is 18.3. The van der Waals surface area contributed by atoms with Gasteiger partial charge in [0, 0.05) is 4.88 Å². The Morgan fingerprint density at radius 1 is 0.960 bits per heavy atom. The molecule has 1 N–H and O–H groups in total. The average molecular weight is 368 g/mol. The number of anilines is 1. The second-order valence-corrected chi connectivity index (χ2v) is 8.89. The Morgan fingerprint density at radius 3 is 2.24 bits per heavy atom. The fraction of sp³-hybridized carbons (Fsp3) is 0.105. The summed E-state index contributed by atoms with van der Waals surface area (Å²) in [5.74, 6) is 0. The lowest BCUT2D eigenvalue weighted by Gasteiger charge is -2.12. The maximum Gasteiger partial charge on any atom is 0.271 e. The second-order valence-electron chi connectivity index (χ2n) is 5.69. The molecule has 0 fully saturated rings. The van der Waals surface area contributed by atoms with Crippen LogP contribution in [0.15, 0.2) is 58.8 Å². The largest absolute Gasteiger partial charge is 0.279 e. The number of sulfonamides is 1. The predicted molar refractivity (Wildman–Crippen MR) is 101 cm³/mol. The Morgan fingerprint density at radius 2 is 1.64 bits per heavy atom. The van der Waals surface area contributed by atoms with E-state index >= 15 is 0 Å². The van der Waals surface area contributed by atoms with E-state index in [2.05, 4.69) is 10.8 Å². The topological polar surface area (TPSA) is 70.0 Å². The summed E-state index contributed by atoms with van der Waals surface area (Å²) < 4.78 is 28.1. The van der Waals surface area contributed by atoms with Gasteiger partial charge in [-0.1, -0.05) is 24.3 Å². The summed E-state index contributed by atoms with van der Waals surface area (Å²) in [7, 11) is -3.60. The number of aryl methyl sites for hydroxylation is 2. The van der Waals surface area contributed by atoms with Gasteiger partial charge in [0.25, 0.3) is 10.0 Å². The highest BCUT2D eigenvalue weighted by Crippen LogP contribution is 2.29. The SMILES string of the molecule is Cc1ccc(S(=O)(=O)Nc2cc(-c3ccc(C#N)cc3)ccc2C)s1. The highest BCUT2D eigenvalue weighted by Gasteiger charge is 2.17. The van der Waals surface area contributed by atoms with Gasteiger partial charge in [-0.2, -0.15) is 5.26 Å². The van der Waals surface area contributed by atoms with Gasteiger partial charge in [-0.15, -0.1) is 11.3 Å². The molecule has 0 aliphatic heterocycles. The zero-order valence-electron chi connectivity index (χ0n) is 13.8. The van der Waals surface area contributed by atoms with Crippen molar-refractivity contribution in [2.45, 2.75) is 18.1 Å². The quantitative estimate of drug-likeness (QED) is 0.725. The van der Waals surface area contributed by atoms with E-state index in [1.165, 1.54) is 11.3 Å². The molecule has 0 radical (unpaired) electrons. The maximum atomic E-state index is 12.6. The molecule has 0 atom stereocenters. The zero-order valence-corrected chi connectivity index (χ0v) is 15.4. The van der Waals surface area contributed by atoms with Crippen LogP contribution < -0.4 is 4.72 Å². The molecule has 6 heteroatoms. The molecule has 1 heterocycles. The van der Waals surface area contributed by atoms with Gasteiger partial charge >= 0.3 is 0 Å². The third kappa shape index (κ3) is 3.73. The van der Waals surface area contributed by atoms with Crippen molar-refractivity contribution in [3.05, 3.63) is 70.6 Å². The van der Waals surface area contributed by atoms with Crippen LogP contribution in [0.4, 0.5) is 5.69 Å². The van der Waals surface area contributed by atoms with E-state index in [4.69, 9.17) is 5.26 Å². The van der Waals surface area contributed by atoms with E-state index in [0.717, 1.165) is 21.6 Å². The van der Waals surface area contributed by atoms with Crippen LogP contribution in [-0.4, -0.2) is 8.42 Å². The minimum absolute atomic E-state index is 0.299. The molecule has 1 aromatic heterocycles. The van der Waals surface area contributed by atoms with Crippen LogP contribution in [0.1, 0.15) is 16.0 Å². The first-order chi connectivity index (χ1) is 11.9. The van der Waals surface area contributed by atoms with Crippen molar-refractivity contribution in [2.24, 2.45) is 0 Å². The van der Waals surface area contributed by atoms with Crippen molar-refractivity contribution in [2.75, 3.05) is 4.72 Å². The molecule has 25 heavy (non-hydrogen) atoms. The number of hydrogen-bond acceptors (Lipinski definition) is 4. The van der Waals surface area contributed by atoms with Crippen molar-refractivity contribution >= 4 is 27.0 Å². The highest BCUT2D eigenvalue weighted by atomic mass is 32.2. The zero-order chi connectivity index (χ0) is 18.0. The highest BCUT2D eigenvalue weighted by molar-refractivity contribution is 7.94. The summed E-state index contributed by atoms with van der Waals surface area (Å²) in [5.41, 5.74) is 3.79. The van der Waals surface area contributed by atoms with Gasteiger partial charge in [0.2, 0.25) is 0 Å². The van der Waals surface area contributed by atoms with Gasteiger partial charge in [0.15, 0.2) is 0 Å². The first kappa shape index (κ1) is 17.2. The summed E-state index contributed by atoms with van der Waals surface area (Å²) in [5, 5.41) is 8.89. The second kappa shape index (κ2) is 6.71. The molecule has 0 saturated heterocycles. The van der Waals surface area contributed by atoms with Crippen molar-refractivity contribution in [1.82, 2.24) is 0 Å². The smallest absolute Gasteiger partial charge is 0.271 e. The predicted octanol–water partition coefficient (Wildman–Crippen LogP) is 4.70. The van der Waals surface area contributed by atoms with Gasteiger partial charge in [0.05, 0.1) is 17.3 Å². The van der Waals surface area contributed by atoms with Crippen LogP contribution in [0.25, 0.3) is 11.1 Å². The minimum atomic E-state index is -3.60. The maximum absolute atomic E-state index is 12.6. The third-order valence-electron chi connectivity index (χ3n) is 3.81. The van der Waals surface area contributed by atoms with Crippen LogP contribution in [0.3, 0.4) is 0 Å². The van der Waals surface area contributed by atoms with Crippen LogP contribution in [-0.2, 0) is 10.0 Å². The summed E-state index contributed by atoms with van der Waals surface area (Å²) >= 11 is 1.24. The molecule has 0 unspecified atom stereocenters. The van der Waals surface area contributed by atoms with E-state index in [1.807, 2.05) is 44.2 Å². The lowest BCUT2D eigenvalue weighted by Crippen LogP contribution is -2.12. The van der Waals surface area contributed by atoms with Gasteiger partial charge in [-0.25, -0.2) is 8.42 Å². The summed E-state index contributed by atoms with van der Waals surface area (Å²) in [4.78, 5) is 0.948. The number of nitrogens with one attached hydrogen (secondary N) is 1. The van der Waals surface area contributed by atoms with E-state index < -0.39 is 10.0 Å². The summed E-state index contributed by atoms with van der Waals surface area (Å²) in [6.45, 7) is 3.74. The Hall–Kier alpha value is -2.62. The molecule has 3 rings (SSSR count). The number of nitrogens with zero attached hydrogens (tertiary/aromatic N) is 1. The number of rotatable bonds is 4. The molecule has 0 saturated carbocycles. The van der Waals surface area contributed by atoms with E-state index in [0.29, 0.717) is 15.5 Å². The minimum Gasteiger partial charge on any atom is -0.279 e. The van der Waals surface area contributed by atoms with E-state index in [1.54, 1.807) is 24.3 Å². The molecule has 3 aromatic rings. The first-order valence-electron chi connectivity index (χ1n) is 7.59. The molecular formula is C19H16N2O2S2. The average Bonchev–Trinajstić information content (AvgIpc) is 3.04.